The minimum absolute atomic E-state index is 0. The third-order valence-corrected chi connectivity index (χ3v) is 6.36. The van der Waals surface area contributed by atoms with Gasteiger partial charge >= 0.3 is 51.4 Å². The zero-order valence-corrected chi connectivity index (χ0v) is 23.5. The van der Waals surface area contributed by atoms with Gasteiger partial charge in [0, 0.05) is 0 Å². The van der Waals surface area contributed by atoms with E-state index < -0.39 is 20.8 Å². The minimum Gasteiger partial charge on any atom is -0.871 e. The number of para-hydroxylation sites is 1. The zero-order chi connectivity index (χ0) is 22.5. The Morgan fingerprint density at radius 3 is 1.91 bits per heavy atom. The van der Waals surface area contributed by atoms with E-state index in [9.17, 15) is 18.1 Å². The van der Waals surface area contributed by atoms with Crippen LogP contribution in [0.1, 0.15) is 83.1 Å². The molecule has 0 saturated heterocycles. The van der Waals surface area contributed by atoms with Crippen molar-refractivity contribution in [1.29, 1.82) is 0 Å². The maximum absolute atomic E-state index is 11.9. The summed E-state index contributed by atoms with van der Waals surface area (Å²) in [7, 11) is -4.67. The topological polar surface area (TPSA) is 86.7 Å². The van der Waals surface area contributed by atoms with E-state index in [1.807, 2.05) is 12.1 Å². The van der Waals surface area contributed by atoms with Crippen LogP contribution in [0.15, 0.2) is 47.4 Å². The van der Waals surface area contributed by atoms with Gasteiger partial charge in [0.25, 0.3) is 10.1 Å². The van der Waals surface area contributed by atoms with Crippen LogP contribution in [-0.2, 0) is 16.5 Å². The molecular weight excluding hydrogens is 451 g/mol. The van der Waals surface area contributed by atoms with Gasteiger partial charge in [-0.2, -0.15) is 8.42 Å². The van der Waals surface area contributed by atoms with Gasteiger partial charge in [-0.25, -0.2) is 0 Å². The van der Waals surface area contributed by atoms with E-state index >= 15 is 0 Å². The average molecular weight is 487 g/mol. The van der Waals surface area contributed by atoms with E-state index in [0.29, 0.717) is 5.75 Å². The summed E-state index contributed by atoms with van der Waals surface area (Å²) in [6, 6.07) is 11.3. The smallest absolute Gasteiger partial charge is 0.871 e. The van der Waals surface area contributed by atoms with Crippen molar-refractivity contribution in [3.63, 3.8) is 0 Å². The number of unbranched alkanes of at least 4 members (excludes halogenated alkanes) is 10. The second-order valence-corrected chi connectivity index (χ2v) is 9.41. The fraction of sp³-hybridized carbons (Fsp3) is 0.520. The molecule has 0 aliphatic rings. The van der Waals surface area contributed by atoms with E-state index in [1.165, 1.54) is 69.9 Å². The molecule has 7 heteroatoms. The predicted octanol–water partition coefficient (Wildman–Crippen LogP) is 3.66. The molecule has 172 valence electrons. The molecule has 0 heterocycles. The molecule has 0 atom stereocenters. The van der Waals surface area contributed by atoms with E-state index in [0.717, 1.165) is 30.9 Å². The summed E-state index contributed by atoms with van der Waals surface area (Å²) in [5, 5.41) is 11.9. The summed E-state index contributed by atoms with van der Waals surface area (Å²) in [5.74, 6) is -0.436. The van der Waals surface area contributed by atoms with Crippen molar-refractivity contribution in [3.8, 4) is 17.2 Å². The van der Waals surface area contributed by atoms with Crippen molar-refractivity contribution in [3.05, 3.63) is 48.0 Å². The van der Waals surface area contributed by atoms with Crippen LogP contribution in [0.5, 0.6) is 17.2 Å². The largest absolute Gasteiger partial charge is 1.00 e. The van der Waals surface area contributed by atoms with Crippen molar-refractivity contribution in [1.82, 2.24) is 0 Å². The van der Waals surface area contributed by atoms with Crippen molar-refractivity contribution in [2.75, 3.05) is 0 Å². The molecule has 0 aliphatic carbocycles. The predicted molar refractivity (Wildman–Crippen MR) is 122 cm³/mol. The molecule has 0 spiro atoms. The summed E-state index contributed by atoms with van der Waals surface area (Å²) in [6.07, 6.45) is 14.8. The quantitative estimate of drug-likeness (QED) is 0.236. The van der Waals surface area contributed by atoms with Crippen molar-refractivity contribution >= 4 is 10.1 Å². The fourth-order valence-corrected chi connectivity index (χ4v) is 4.42. The Balaban J connectivity index is 0.00000512. The van der Waals surface area contributed by atoms with Crippen LogP contribution in [0.25, 0.3) is 0 Å². The molecule has 0 fully saturated rings. The summed E-state index contributed by atoms with van der Waals surface area (Å²) in [4.78, 5) is -0.723. The van der Waals surface area contributed by atoms with Gasteiger partial charge in [0.2, 0.25) is 0 Å². The minimum atomic E-state index is -4.67. The Kier molecular flexibility index (Phi) is 15.0. The van der Waals surface area contributed by atoms with E-state index in [2.05, 4.69) is 6.92 Å². The van der Waals surface area contributed by atoms with Gasteiger partial charge < -0.3 is 9.84 Å². The first kappa shape index (κ1) is 29.6. The Bertz CT molecular complexity index is 899. The molecular formula is C25H35KO5S. The second-order valence-electron chi connectivity index (χ2n) is 8.05. The summed E-state index contributed by atoms with van der Waals surface area (Å²) in [6.45, 7) is 2.24. The summed E-state index contributed by atoms with van der Waals surface area (Å²) >= 11 is 0. The van der Waals surface area contributed by atoms with Gasteiger partial charge in [0.1, 0.15) is 16.4 Å². The number of hydrogen-bond acceptors (Lipinski definition) is 4. The van der Waals surface area contributed by atoms with Gasteiger partial charge in [-0.15, -0.1) is 0 Å². The van der Waals surface area contributed by atoms with Crippen LogP contribution in [0.2, 0.25) is 0 Å². The third kappa shape index (κ3) is 10.7. The Morgan fingerprint density at radius 1 is 0.781 bits per heavy atom. The van der Waals surface area contributed by atoms with E-state index in [1.54, 1.807) is 12.1 Å². The third-order valence-electron chi connectivity index (χ3n) is 5.44. The van der Waals surface area contributed by atoms with Crippen molar-refractivity contribution in [2.45, 2.75) is 88.9 Å². The molecule has 0 unspecified atom stereocenters. The van der Waals surface area contributed by atoms with Crippen LogP contribution in [-0.4, -0.2) is 13.0 Å². The molecule has 5 nitrogen and oxygen atoms in total. The van der Waals surface area contributed by atoms with Gasteiger partial charge in [-0.05, 0) is 30.5 Å². The molecule has 0 aliphatic heterocycles. The SMILES string of the molecule is CCCCCCCCCCCCCc1ccccc1Oc1cccc([O-])c1S(=O)(=O)O.[K+]. The molecule has 0 aromatic heterocycles. The Hall–Kier alpha value is -0.414. The fourth-order valence-electron chi connectivity index (χ4n) is 3.74. The maximum Gasteiger partial charge on any atom is 1.00 e. The van der Waals surface area contributed by atoms with E-state index in [-0.39, 0.29) is 57.1 Å². The Labute approximate surface area is 236 Å². The van der Waals surface area contributed by atoms with Gasteiger partial charge in [0.15, 0.2) is 0 Å². The molecule has 2 aromatic rings. The molecule has 0 amide bonds. The normalized spacial score (nSPS) is 11.2. The molecule has 0 bridgehead atoms. The van der Waals surface area contributed by atoms with Crippen LogP contribution in [0, 0.1) is 0 Å². The van der Waals surface area contributed by atoms with Crippen molar-refractivity contribution < 1.29 is 74.2 Å². The first-order valence-corrected chi connectivity index (χ1v) is 12.9. The number of aryl methyl sites for hydroxylation is 1. The van der Waals surface area contributed by atoms with Crippen LogP contribution in [0.4, 0.5) is 0 Å². The molecule has 2 rings (SSSR count). The number of hydrogen-bond donors (Lipinski definition) is 1. The first-order valence-electron chi connectivity index (χ1n) is 11.5. The number of benzene rings is 2. The molecule has 2 aromatic carbocycles. The molecule has 0 radical (unpaired) electrons. The standard InChI is InChI=1S/C25H36O5S.K/c1-2-3-4-5-6-7-8-9-10-11-12-16-21-17-13-14-19-23(21)30-24-20-15-18-22(26)25(24)31(27,28)29;/h13-15,17-20,26H,2-12,16H2,1H3,(H,27,28,29);/q;+1/p-1. The van der Waals surface area contributed by atoms with E-state index in [4.69, 9.17) is 4.74 Å². The maximum atomic E-state index is 11.9. The monoisotopic (exact) mass is 486 g/mol. The van der Waals surface area contributed by atoms with Crippen molar-refractivity contribution in [2.24, 2.45) is 0 Å². The van der Waals surface area contributed by atoms with Gasteiger partial charge in [0.05, 0.1) is 0 Å². The van der Waals surface area contributed by atoms with Gasteiger partial charge in [-0.3, -0.25) is 4.55 Å². The van der Waals surface area contributed by atoms with Gasteiger partial charge in [-0.1, -0.05) is 107 Å². The summed E-state index contributed by atoms with van der Waals surface area (Å²) < 4.78 is 38.4. The van der Waals surface area contributed by atoms with Crippen LogP contribution >= 0.6 is 0 Å². The van der Waals surface area contributed by atoms with Crippen LogP contribution in [0.3, 0.4) is 0 Å². The first-order chi connectivity index (χ1) is 14.9. The summed E-state index contributed by atoms with van der Waals surface area (Å²) in [5.41, 5.74) is 0.955. The van der Waals surface area contributed by atoms with Crippen LogP contribution < -0.4 is 61.2 Å². The molecule has 32 heavy (non-hydrogen) atoms. The number of ether oxygens (including phenoxy) is 1. The zero-order valence-electron chi connectivity index (χ0n) is 19.5. The Morgan fingerprint density at radius 2 is 1.31 bits per heavy atom. The average Bonchev–Trinajstić information content (AvgIpc) is 2.72. The molecule has 1 N–H and O–H groups in total. The number of rotatable bonds is 15. The second kappa shape index (κ2) is 16.3. The molecule has 0 saturated carbocycles.